The van der Waals surface area contributed by atoms with E-state index in [1.54, 1.807) is 0 Å². The second-order valence-electron chi connectivity index (χ2n) is 7.60. The molecule has 1 aromatic rings. The third-order valence-electron chi connectivity index (χ3n) is 5.64. The van der Waals surface area contributed by atoms with E-state index in [-0.39, 0.29) is 17.6 Å². The highest BCUT2D eigenvalue weighted by Crippen LogP contribution is 2.22. The van der Waals surface area contributed by atoms with Crippen LogP contribution in [0.2, 0.25) is 0 Å². The number of amides is 2. The molecule has 1 aromatic carbocycles. The maximum absolute atomic E-state index is 13.0. The van der Waals surface area contributed by atoms with Gasteiger partial charge in [-0.2, -0.15) is 0 Å². The van der Waals surface area contributed by atoms with Crippen LogP contribution < -0.4 is 0 Å². The first-order chi connectivity index (χ1) is 12.6. The molecule has 0 radical (unpaired) electrons. The SMILES string of the molecule is O=C1CCCCN1CCCC(=O)N1CCC(Cc2ccc(F)cc2)CC1. The highest BCUT2D eigenvalue weighted by atomic mass is 19.1. The van der Waals surface area contributed by atoms with Crippen molar-refractivity contribution in [2.24, 2.45) is 5.92 Å². The van der Waals surface area contributed by atoms with Crippen molar-refractivity contribution in [3.8, 4) is 0 Å². The summed E-state index contributed by atoms with van der Waals surface area (Å²) in [4.78, 5) is 28.1. The molecule has 0 aliphatic carbocycles. The Morgan fingerprint density at radius 1 is 1.08 bits per heavy atom. The van der Waals surface area contributed by atoms with Gasteiger partial charge in [-0.05, 0) is 62.1 Å². The largest absolute Gasteiger partial charge is 0.343 e. The lowest BCUT2D eigenvalue weighted by Crippen LogP contribution is -2.40. The standard InChI is InChI=1S/C21H29FN2O2/c22-19-8-6-17(7-9-19)16-18-10-14-24(15-11-18)21(26)5-3-13-23-12-2-1-4-20(23)25/h6-9,18H,1-5,10-16H2. The smallest absolute Gasteiger partial charge is 0.222 e. The second-order valence-corrected chi connectivity index (χ2v) is 7.60. The Morgan fingerprint density at radius 3 is 2.50 bits per heavy atom. The van der Waals surface area contributed by atoms with E-state index < -0.39 is 0 Å². The molecule has 2 aliphatic heterocycles. The summed E-state index contributed by atoms with van der Waals surface area (Å²) in [5, 5.41) is 0. The number of carbonyl (C=O) groups excluding carboxylic acids is 2. The van der Waals surface area contributed by atoms with Crippen LogP contribution in [0.3, 0.4) is 0 Å². The van der Waals surface area contributed by atoms with Crippen LogP contribution in [0.15, 0.2) is 24.3 Å². The number of likely N-dealkylation sites (tertiary alicyclic amines) is 2. The molecule has 2 saturated heterocycles. The summed E-state index contributed by atoms with van der Waals surface area (Å²) >= 11 is 0. The highest BCUT2D eigenvalue weighted by Gasteiger charge is 2.23. The van der Waals surface area contributed by atoms with Crippen LogP contribution in [0, 0.1) is 11.7 Å². The minimum absolute atomic E-state index is 0.194. The van der Waals surface area contributed by atoms with E-state index in [0.717, 1.165) is 58.2 Å². The Morgan fingerprint density at radius 2 is 1.81 bits per heavy atom. The maximum atomic E-state index is 13.0. The first kappa shape index (κ1) is 18.9. The third-order valence-corrected chi connectivity index (χ3v) is 5.64. The van der Waals surface area contributed by atoms with Gasteiger partial charge in [0.15, 0.2) is 0 Å². The fourth-order valence-corrected chi connectivity index (χ4v) is 4.02. The summed E-state index contributed by atoms with van der Waals surface area (Å²) in [6.45, 7) is 3.19. The predicted molar refractivity (Wildman–Crippen MR) is 99.1 cm³/mol. The van der Waals surface area contributed by atoms with Gasteiger partial charge in [0.1, 0.15) is 5.82 Å². The molecular weight excluding hydrogens is 331 g/mol. The van der Waals surface area contributed by atoms with Crippen LogP contribution >= 0.6 is 0 Å². The molecule has 0 unspecified atom stereocenters. The van der Waals surface area contributed by atoms with Gasteiger partial charge in [0, 0.05) is 39.0 Å². The Bertz CT molecular complexity index is 609. The van der Waals surface area contributed by atoms with E-state index in [0.29, 0.717) is 25.3 Å². The summed E-state index contributed by atoms with van der Waals surface area (Å²) in [5.41, 5.74) is 1.17. The van der Waals surface area contributed by atoms with Gasteiger partial charge in [-0.15, -0.1) is 0 Å². The molecule has 2 amide bonds. The van der Waals surface area contributed by atoms with Gasteiger partial charge in [-0.25, -0.2) is 4.39 Å². The number of piperidine rings is 2. The number of rotatable bonds is 6. The Labute approximate surface area is 155 Å². The number of benzene rings is 1. The summed E-state index contributed by atoms with van der Waals surface area (Å²) < 4.78 is 13.0. The van der Waals surface area contributed by atoms with Crippen molar-refractivity contribution >= 4 is 11.8 Å². The average Bonchev–Trinajstić information content (AvgIpc) is 2.66. The van der Waals surface area contributed by atoms with Crippen molar-refractivity contribution in [2.45, 2.75) is 51.4 Å². The Hall–Kier alpha value is -1.91. The Kier molecular flexibility index (Phi) is 6.64. The van der Waals surface area contributed by atoms with E-state index in [1.807, 2.05) is 21.9 Å². The Balaban J connectivity index is 1.35. The van der Waals surface area contributed by atoms with Gasteiger partial charge >= 0.3 is 0 Å². The fraction of sp³-hybridized carbons (Fsp3) is 0.619. The normalized spacial score (nSPS) is 19.0. The lowest BCUT2D eigenvalue weighted by Gasteiger charge is -2.32. The molecule has 26 heavy (non-hydrogen) atoms. The van der Waals surface area contributed by atoms with Crippen molar-refractivity contribution in [3.05, 3.63) is 35.6 Å². The monoisotopic (exact) mass is 360 g/mol. The summed E-state index contributed by atoms with van der Waals surface area (Å²) in [6, 6.07) is 6.74. The van der Waals surface area contributed by atoms with E-state index in [9.17, 15) is 14.0 Å². The zero-order valence-electron chi connectivity index (χ0n) is 15.5. The molecule has 2 fully saturated rings. The van der Waals surface area contributed by atoms with Gasteiger partial charge < -0.3 is 9.80 Å². The second kappa shape index (κ2) is 9.15. The van der Waals surface area contributed by atoms with Crippen molar-refractivity contribution in [1.82, 2.24) is 9.80 Å². The molecule has 0 atom stereocenters. The van der Waals surface area contributed by atoms with Crippen molar-refractivity contribution in [2.75, 3.05) is 26.2 Å². The number of hydrogen-bond acceptors (Lipinski definition) is 2. The lowest BCUT2D eigenvalue weighted by molar-refractivity contribution is -0.135. The van der Waals surface area contributed by atoms with Gasteiger partial charge in [-0.3, -0.25) is 9.59 Å². The van der Waals surface area contributed by atoms with E-state index in [4.69, 9.17) is 0 Å². The molecule has 0 spiro atoms. The zero-order chi connectivity index (χ0) is 18.4. The first-order valence-electron chi connectivity index (χ1n) is 9.92. The van der Waals surface area contributed by atoms with Gasteiger partial charge in [0.2, 0.25) is 11.8 Å². The molecule has 0 N–H and O–H groups in total. The molecule has 4 nitrogen and oxygen atoms in total. The minimum atomic E-state index is -0.194. The topological polar surface area (TPSA) is 40.6 Å². The van der Waals surface area contributed by atoms with Crippen LogP contribution in [-0.4, -0.2) is 47.8 Å². The molecule has 0 saturated carbocycles. The van der Waals surface area contributed by atoms with E-state index in [2.05, 4.69) is 0 Å². The molecule has 0 aromatic heterocycles. The van der Waals surface area contributed by atoms with Gasteiger partial charge in [0.25, 0.3) is 0 Å². The number of carbonyl (C=O) groups is 2. The van der Waals surface area contributed by atoms with Crippen LogP contribution in [-0.2, 0) is 16.0 Å². The quantitative estimate of drug-likeness (QED) is 0.780. The van der Waals surface area contributed by atoms with Crippen LogP contribution in [0.1, 0.15) is 50.5 Å². The van der Waals surface area contributed by atoms with Crippen LogP contribution in [0.25, 0.3) is 0 Å². The molecule has 0 bridgehead atoms. The molecule has 2 heterocycles. The zero-order valence-corrected chi connectivity index (χ0v) is 15.5. The highest BCUT2D eigenvalue weighted by molar-refractivity contribution is 5.77. The van der Waals surface area contributed by atoms with Gasteiger partial charge in [-0.1, -0.05) is 12.1 Å². The van der Waals surface area contributed by atoms with E-state index in [1.165, 1.54) is 17.7 Å². The first-order valence-corrected chi connectivity index (χ1v) is 9.92. The number of halogens is 1. The molecular formula is C21H29FN2O2. The van der Waals surface area contributed by atoms with Crippen LogP contribution in [0.5, 0.6) is 0 Å². The maximum Gasteiger partial charge on any atom is 0.222 e. The predicted octanol–water partition coefficient (Wildman–Crippen LogP) is 3.40. The minimum Gasteiger partial charge on any atom is -0.343 e. The summed E-state index contributed by atoms with van der Waals surface area (Å²) in [5.74, 6) is 0.830. The summed E-state index contributed by atoms with van der Waals surface area (Å²) in [7, 11) is 0. The summed E-state index contributed by atoms with van der Waals surface area (Å²) in [6.07, 6.45) is 7.02. The fourth-order valence-electron chi connectivity index (χ4n) is 4.02. The number of nitrogens with zero attached hydrogens (tertiary/aromatic N) is 2. The van der Waals surface area contributed by atoms with E-state index >= 15 is 0 Å². The van der Waals surface area contributed by atoms with Crippen molar-refractivity contribution < 1.29 is 14.0 Å². The third kappa shape index (κ3) is 5.29. The van der Waals surface area contributed by atoms with Gasteiger partial charge in [0.05, 0.1) is 0 Å². The molecule has 3 rings (SSSR count). The molecule has 2 aliphatic rings. The van der Waals surface area contributed by atoms with Crippen molar-refractivity contribution in [3.63, 3.8) is 0 Å². The lowest BCUT2D eigenvalue weighted by atomic mass is 9.90. The molecule has 5 heteroatoms. The van der Waals surface area contributed by atoms with Crippen LogP contribution in [0.4, 0.5) is 4.39 Å². The number of hydrogen-bond donors (Lipinski definition) is 0. The average molecular weight is 360 g/mol. The molecule has 142 valence electrons. The van der Waals surface area contributed by atoms with Crippen molar-refractivity contribution in [1.29, 1.82) is 0 Å².